The Morgan fingerprint density at radius 3 is 2.91 bits per heavy atom. The van der Waals surface area contributed by atoms with Crippen LogP contribution in [0.2, 0.25) is 0 Å². The van der Waals surface area contributed by atoms with E-state index in [4.69, 9.17) is 10.8 Å². The fourth-order valence-electron chi connectivity index (χ4n) is 0.482. The number of carbonyl (C=O) groups is 1. The molecule has 0 aromatic heterocycles. The van der Waals surface area contributed by atoms with Crippen LogP contribution in [0.4, 0.5) is 4.79 Å². The van der Waals surface area contributed by atoms with E-state index in [0.717, 1.165) is 6.42 Å². The summed E-state index contributed by atoms with van der Waals surface area (Å²) in [7, 11) is 0. The zero-order valence-electron chi connectivity index (χ0n) is 6.38. The molecular formula is C6H14N2O3. The van der Waals surface area contributed by atoms with Crippen molar-refractivity contribution in [1.82, 2.24) is 5.32 Å². The molecule has 0 saturated carbocycles. The predicted molar refractivity (Wildman–Crippen MR) is 40.1 cm³/mol. The highest BCUT2D eigenvalue weighted by Crippen LogP contribution is 1.77. The van der Waals surface area contributed by atoms with Gasteiger partial charge in [-0.2, -0.15) is 0 Å². The van der Waals surface area contributed by atoms with E-state index in [-0.39, 0.29) is 13.2 Å². The first kappa shape index (κ1) is 10.2. The first-order valence-electron chi connectivity index (χ1n) is 3.52. The fourth-order valence-corrected chi connectivity index (χ4v) is 0.482. The molecule has 0 aliphatic rings. The van der Waals surface area contributed by atoms with Gasteiger partial charge in [-0.3, -0.25) is 0 Å². The van der Waals surface area contributed by atoms with Gasteiger partial charge in [0, 0.05) is 6.54 Å². The maximum atomic E-state index is 10.6. The van der Waals surface area contributed by atoms with E-state index in [9.17, 15) is 4.79 Å². The number of amides is 1. The Bertz CT molecular complexity index is 108. The zero-order chi connectivity index (χ0) is 8.53. The minimum atomic E-state index is -0.507. The first-order chi connectivity index (χ1) is 5.31. The SMILES string of the molecule is NCCCNC(=O)OCCO. The van der Waals surface area contributed by atoms with Gasteiger partial charge < -0.3 is 20.9 Å². The van der Waals surface area contributed by atoms with E-state index in [0.29, 0.717) is 13.1 Å². The van der Waals surface area contributed by atoms with E-state index in [1.165, 1.54) is 0 Å². The number of rotatable bonds is 5. The number of aliphatic hydroxyl groups is 1. The third-order valence-corrected chi connectivity index (χ3v) is 0.975. The standard InChI is InChI=1S/C6H14N2O3/c7-2-1-3-8-6(10)11-5-4-9/h9H,1-5,7H2,(H,8,10). The average molecular weight is 162 g/mol. The van der Waals surface area contributed by atoms with E-state index in [2.05, 4.69) is 10.1 Å². The maximum Gasteiger partial charge on any atom is 0.407 e. The van der Waals surface area contributed by atoms with Crippen LogP contribution < -0.4 is 11.1 Å². The summed E-state index contributed by atoms with van der Waals surface area (Å²) in [6, 6.07) is 0. The summed E-state index contributed by atoms with van der Waals surface area (Å²) in [5, 5.41) is 10.7. The van der Waals surface area contributed by atoms with Gasteiger partial charge in [0.15, 0.2) is 0 Å². The molecule has 0 heterocycles. The topological polar surface area (TPSA) is 84.6 Å². The molecule has 0 aromatic rings. The number of nitrogens with one attached hydrogen (secondary N) is 1. The van der Waals surface area contributed by atoms with Crippen molar-refractivity contribution in [2.45, 2.75) is 6.42 Å². The van der Waals surface area contributed by atoms with Crippen molar-refractivity contribution in [3.8, 4) is 0 Å². The summed E-state index contributed by atoms with van der Waals surface area (Å²) in [4.78, 5) is 10.6. The molecule has 0 spiro atoms. The van der Waals surface area contributed by atoms with Crippen molar-refractivity contribution in [2.75, 3.05) is 26.3 Å². The highest BCUT2D eigenvalue weighted by Gasteiger charge is 1.97. The Balaban J connectivity index is 3.09. The maximum absolute atomic E-state index is 10.6. The van der Waals surface area contributed by atoms with Gasteiger partial charge in [0.2, 0.25) is 0 Å². The van der Waals surface area contributed by atoms with E-state index in [1.54, 1.807) is 0 Å². The van der Waals surface area contributed by atoms with Crippen LogP contribution in [0.5, 0.6) is 0 Å². The molecule has 0 saturated heterocycles. The Kier molecular flexibility index (Phi) is 6.76. The van der Waals surface area contributed by atoms with Gasteiger partial charge in [-0.15, -0.1) is 0 Å². The van der Waals surface area contributed by atoms with Crippen LogP contribution in [-0.2, 0) is 4.74 Å². The smallest absolute Gasteiger partial charge is 0.407 e. The zero-order valence-corrected chi connectivity index (χ0v) is 6.38. The van der Waals surface area contributed by atoms with Crippen LogP contribution >= 0.6 is 0 Å². The molecule has 4 N–H and O–H groups in total. The number of nitrogens with two attached hydrogens (primary N) is 1. The van der Waals surface area contributed by atoms with E-state index >= 15 is 0 Å². The largest absolute Gasteiger partial charge is 0.447 e. The van der Waals surface area contributed by atoms with Crippen molar-refractivity contribution in [2.24, 2.45) is 5.73 Å². The Hall–Kier alpha value is -0.810. The monoisotopic (exact) mass is 162 g/mol. The van der Waals surface area contributed by atoms with E-state index < -0.39 is 6.09 Å². The minimum absolute atomic E-state index is 0.0362. The van der Waals surface area contributed by atoms with E-state index in [1.807, 2.05) is 0 Å². The van der Waals surface area contributed by atoms with Gasteiger partial charge in [-0.1, -0.05) is 0 Å². The van der Waals surface area contributed by atoms with Crippen LogP contribution in [0.1, 0.15) is 6.42 Å². The number of carbonyl (C=O) groups excluding carboxylic acids is 1. The van der Waals surface area contributed by atoms with Crippen LogP contribution in [0.15, 0.2) is 0 Å². The second kappa shape index (κ2) is 7.30. The number of hydrogen-bond donors (Lipinski definition) is 3. The van der Waals surface area contributed by atoms with Gasteiger partial charge in [-0.05, 0) is 13.0 Å². The Morgan fingerprint density at radius 2 is 2.36 bits per heavy atom. The molecule has 5 heteroatoms. The van der Waals surface area contributed by atoms with Gasteiger partial charge in [0.05, 0.1) is 6.61 Å². The quantitative estimate of drug-likeness (QED) is 0.455. The molecule has 0 aromatic carbocycles. The number of aliphatic hydroxyl groups excluding tert-OH is 1. The third kappa shape index (κ3) is 7.08. The van der Waals surface area contributed by atoms with Crippen LogP contribution in [-0.4, -0.2) is 37.5 Å². The molecule has 66 valence electrons. The predicted octanol–water partition coefficient (Wildman–Crippen LogP) is -0.946. The third-order valence-electron chi connectivity index (χ3n) is 0.975. The van der Waals surface area contributed by atoms with Crippen molar-refractivity contribution in [1.29, 1.82) is 0 Å². The summed E-state index contributed by atoms with van der Waals surface area (Å²) < 4.78 is 4.50. The van der Waals surface area contributed by atoms with Gasteiger partial charge in [0.25, 0.3) is 0 Å². The second-order valence-electron chi connectivity index (χ2n) is 1.93. The summed E-state index contributed by atoms with van der Waals surface area (Å²) in [5.41, 5.74) is 5.18. The summed E-state index contributed by atoms with van der Waals surface area (Å²) in [6.07, 6.45) is 0.223. The van der Waals surface area contributed by atoms with Crippen LogP contribution in [0.3, 0.4) is 0 Å². The number of ether oxygens (including phenoxy) is 1. The molecule has 0 bridgehead atoms. The lowest BCUT2D eigenvalue weighted by molar-refractivity contribution is 0.119. The molecule has 0 fully saturated rings. The lowest BCUT2D eigenvalue weighted by Crippen LogP contribution is -2.27. The van der Waals surface area contributed by atoms with Crippen molar-refractivity contribution in [3.05, 3.63) is 0 Å². The summed E-state index contributed by atoms with van der Waals surface area (Å²) >= 11 is 0. The second-order valence-corrected chi connectivity index (χ2v) is 1.93. The molecule has 0 rings (SSSR count). The molecule has 0 unspecified atom stereocenters. The van der Waals surface area contributed by atoms with Crippen molar-refractivity contribution in [3.63, 3.8) is 0 Å². The molecule has 11 heavy (non-hydrogen) atoms. The Morgan fingerprint density at radius 1 is 1.64 bits per heavy atom. The lowest BCUT2D eigenvalue weighted by atomic mass is 10.4. The summed E-state index contributed by atoms with van der Waals surface area (Å²) in [5.74, 6) is 0. The Labute approximate surface area is 65.5 Å². The van der Waals surface area contributed by atoms with Crippen LogP contribution in [0, 0.1) is 0 Å². The number of hydrogen-bond acceptors (Lipinski definition) is 4. The molecule has 0 aliphatic carbocycles. The lowest BCUT2D eigenvalue weighted by Gasteiger charge is -2.03. The van der Waals surface area contributed by atoms with Crippen molar-refractivity contribution < 1.29 is 14.6 Å². The minimum Gasteiger partial charge on any atom is -0.447 e. The van der Waals surface area contributed by atoms with Gasteiger partial charge in [-0.25, -0.2) is 4.79 Å². The molecular weight excluding hydrogens is 148 g/mol. The average Bonchev–Trinajstić information content (AvgIpc) is 2.01. The first-order valence-corrected chi connectivity index (χ1v) is 3.52. The molecule has 0 aliphatic heterocycles. The highest BCUT2D eigenvalue weighted by atomic mass is 16.6. The van der Waals surface area contributed by atoms with Gasteiger partial charge in [0.1, 0.15) is 6.61 Å². The highest BCUT2D eigenvalue weighted by molar-refractivity contribution is 5.66. The van der Waals surface area contributed by atoms with Gasteiger partial charge >= 0.3 is 6.09 Å². The normalized spacial score (nSPS) is 9.27. The van der Waals surface area contributed by atoms with Crippen molar-refractivity contribution >= 4 is 6.09 Å². The molecule has 5 nitrogen and oxygen atoms in total. The molecule has 0 radical (unpaired) electrons. The van der Waals surface area contributed by atoms with Crippen LogP contribution in [0.25, 0.3) is 0 Å². The molecule has 1 amide bonds. The summed E-state index contributed by atoms with van der Waals surface area (Å²) in [6.45, 7) is 0.944. The number of alkyl carbamates (subject to hydrolysis) is 1. The molecule has 0 atom stereocenters. The fraction of sp³-hybridized carbons (Fsp3) is 0.833.